The summed E-state index contributed by atoms with van der Waals surface area (Å²) in [5, 5.41) is 5.60. The second kappa shape index (κ2) is 5.96. The maximum Gasteiger partial charge on any atom is 0.236 e. The molecule has 88 valence electrons. The third-order valence-corrected chi connectivity index (χ3v) is 2.99. The number of rotatable bonds is 4. The van der Waals surface area contributed by atoms with Gasteiger partial charge in [0.15, 0.2) is 0 Å². The molecule has 2 N–H and O–H groups in total. The molecule has 0 radical (unpaired) electrons. The molecule has 0 heterocycles. The van der Waals surface area contributed by atoms with E-state index in [1.165, 1.54) is 12.1 Å². The van der Waals surface area contributed by atoms with E-state index < -0.39 is 0 Å². The van der Waals surface area contributed by atoms with Crippen molar-refractivity contribution in [2.45, 2.75) is 19.5 Å². The van der Waals surface area contributed by atoms with Gasteiger partial charge in [0.25, 0.3) is 0 Å². The Morgan fingerprint density at radius 3 is 2.81 bits per heavy atom. The molecule has 0 bridgehead atoms. The van der Waals surface area contributed by atoms with E-state index in [2.05, 4.69) is 26.6 Å². The van der Waals surface area contributed by atoms with Gasteiger partial charge in [0.1, 0.15) is 5.82 Å². The van der Waals surface area contributed by atoms with E-state index in [0.29, 0.717) is 11.0 Å². The van der Waals surface area contributed by atoms with Gasteiger partial charge in [-0.25, -0.2) is 4.39 Å². The van der Waals surface area contributed by atoms with E-state index >= 15 is 0 Å². The van der Waals surface area contributed by atoms with Crippen LogP contribution in [0.5, 0.6) is 0 Å². The molecule has 16 heavy (non-hydrogen) atoms. The summed E-state index contributed by atoms with van der Waals surface area (Å²) in [6.07, 6.45) is 0. The summed E-state index contributed by atoms with van der Waals surface area (Å²) in [5.74, 6) is -0.354. The predicted molar refractivity (Wildman–Crippen MR) is 64.5 cm³/mol. The Hall–Kier alpha value is -0.940. The smallest absolute Gasteiger partial charge is 0.236 e. The summed E-state index contributed by atoms with van der Waals surface area (Å²) >= 11 is 3.27. The zero-order valence-electron chi connectivity index (χ0n) is 9.18. The van der Waals surface area contributed by atoms with Gasteiger partial charge in [-0.1, -0.05) is 22.0 Å². The van der Waals surface area contributed by atoms with Gasteiger partial charge in [0.2, 0.25) is 5.91 Å². The minimum Gasteiger partial charge on any atom is -0.358 e. The first-order chi connectivity index (χ1) is 7.54. The van der Waals surface area contributed by atoms with E-state index in [9.17, 15) is 9.18 Å². The van der Waals surface area contributed by atoms with Crippen LogP contribution in [-0.4, -0.2) is 19.0 Å². The Kier molecular flexibility index (Phi) is 4.89. The van der Waals surface area contributed by atoms with Gasteiger partial charge in [-0.05, 0) is 24.6 Å². The molecule has 0 aromatic heterocycles. The van der Waals surface area contributed by atoms with Crippen LogP contribution in [0.25, 0.3) is 0 Å². The second-order valence-electron chi connectivity index (χ2n) is 3.45. The minimum atomic E-state index is -0.282. The lowest BCUT2D eigenvalue weighted by atomic mass is 10.2. The summed E-state index contributed by atoms with van der Waals surface area (Å²) in [5.41, 5.74) is 0.914. The van der Waals surface area contributed by atoms with E-state index in [4.69, 9.17) is 0 Å². The largest absolute Gasteiger partial charge is 0.358 e. The highest BCUT2D eigenvalue weighted by molar-refractivity contribution is 9.10. The number of hydrogen-bond acceptors (Lipinski definition) is 2. The maximum atomic E-state index is 12.8. The van der Waals surface area contributed by atoms with Crippen LogP contribution in [0.4, 0.5) is 4.39 Å². The fourth-order valence-electron chi connectivity index (χ4n) is 1.24. The summed E-state index contributed by atoms with van der Waals surface area (Å²) in [6, 6.07) is 4.21. The van der Waals surface area contributed by atoms with Crippen LogP contribution in [0.1, 0.15) is 12.5 Å². The van der Waals surface area contributed by atoms with Crippen molar-refractivity contribution >= 4 is 21.8 Å². The molecule has 0 aliphatic heterocycles. The van der Waals surface area contributed by atoms with Crippen LogP contribution in [0.15, 0.2) is 22.7 Å². The minimum absolute atomic E-state index is 0.0711. The number of benzene rings is 1. The molecule has 1 unspecified atom stereocenters. The number of carbonyl (C=O) groups excluding carboxylic acids is 1. The van der Waals surface area contributed by atoms with Crippen LogP contribution in [-0.2, 0) is 11.3 Å². The molecule has 0 aliphatic rings. The highest BCUT2D eigenvalue weighted by atomic mass is 79.9. The fourth-order valence-corrected chi connectivity index (χ4v) is 1.73. The molecule has 1 aromatic rings. The molecule has 1 aromatic carbocycles. The topological polar surface area (TPSA) is 41.1 Å². The number of nitrogens with one attached hydrogen (secondary N) is 2. The lowest BCUT2D eigenvalue weighted by Gasteiger charge is -2.12. The zero-order valence-corrected chi connectivity index (χ0v) is 10.8. The van der Waals surface area contributed by atoms with Gasteiger partial charge >= 0.3 is 0 Å². The quantitative estimate of drug-likeness (QED) is 0.887. The molecule has 0 aliphatic carbocycles. The van der Waals surface area contributed by atoms with Crippen LogP contribution >= 0.6 is 15.9 Å². The van der Waals surface area contributed by atoms with Gasteiger partial charge in [0.05, 0.1) is 6.04 Å². The third-order valence-electron chi connectivity index (χ3n) is 2.25. The van der Waals surface area contributed by atoms with Crippen molar-refractivity contribution in [1.82, 2.24) is 10.6 Å². The number of hydrogen-bond donors (Lipinski definition) is 2. The lowest BCUT2D eigenvalue weighted by Crippen LogP contribution is -2.40. The molecule has 0 saturated carbocycles. The first-order valence-electron chi connectivity index (χ1n) is 4.93. The van der Waals surface area contributed by atoms with Crippen LogP contribution in [0.3, 0.4) is 0 Å². The van der Waals surface area contributed by atoms with Gasteiger partial charge in [0, 0.05) is 18.1 Å². The molecule has 5 heteroatoms. The molecular weight excluding hydrogens is 275 g/mol. The van der Waals surface area contributed by atoms with E-state index in [0.717, 1.165) is 5.56 Å². The summed E-state index contributed by atoms with van der Waals surface area (Å²) < 4.78 is 13.5. The maximum absolute atomic E-state index is 12.8. The number of amides is 1. The van der Waals surface area contributed by atoms with Crippen LogP contribution < -0.4 is 10.6 Å². The summed E-state index contributed by atoms with van der Waals surface area (Å²) in [4.78, 5) is 11.2. The molecule has 0 fully saturated rings. The normalized spacial score (nSPS) is 12.2. The first-order valence-corrected chi connectivity index (χ1v) is 5.72. The predicted octanol–water partition coefficient (Wildman–Crippen LogP) is 1.81. The van der Waals surface area contributed by atoms with E-state index in [1.54, 1.807) is 20.0 Å². The standard InChI is InChI=1S/C11H14BrFN2O/c1-7(11(16)14-2)15-6-8-3-4-9(13)5-10(8)12/h3-5,7,15H,6H2,1-2H3,(H,14,16). The zero-order chi connectivity index (χ0) is 12.1. The monoisotopic (exact) mass is 288 g/mol. The van der Waals surface area contributed by atoms with E-state index in [-0.39, 0.29) is 17.8 Å². The summed E-state index contributed by atoms with van der Waals surface area (Å²) in [7, 11) is 1.59. The molecule has 3 nitrogen and oxygen atoms in total. The van der Waals surface area contributed by atoms with Crippen LogP contribution in [0.2, 0.25) is 0 Å². The molecule has 0 saturated heterocycles. The Morgan fingerprint density at radius 1 is 1.56 bits per heavy atom. The van der Waals surface area contributed by atoms with Crippen molar-refractivity contribution in [3.8, 4) is 0 Å². The van der Waals surface area contributed by atoms with Crippen molar-refractivity contribution in [1.29, 1.82) is 0 Å². The van der Waals surface area contributed by atoms with Crippen molar-refractivity contribution in [2.75, 3.05) is 7.05 Å². The van der Waals surface area contributed by atoms with Crippen molar-refractivity contribution in [2.24, 2.45) is 0 Å². The van der Waals surface area contributed by atoms with Gasteiger partial charge in [-0.3, -0.25) is 4.79 Å². The molecular formula is C11H14BrFN2O. The lowest BCUT2D eigenvalue weighted by molar-refractivity contribution is -0.122. The number of halogens is 2. The average Bonchev–Trinajstić information content (AvgIpc) is 2.26. The number of likely N-dealkylation sites (N-methyl/N-ethyl adjacent to an activating group) is 1. The van der Waals surface area contributed by atoms with Crippen LogP contribution in [0, 0.1) is 5.82 Å². The van der Waals surface area contributed by atoms with Crippen molar-refractivity contribution in [3.63, 3.8) is 0 Å². The SMILES string of the molecule is CNC(=O)C(C)NCc1ccc(F)cc1Br. The van der Waals surface area contributed by atoms with E-state index in [1.807, 2.05) is 0 Å². The fraction of sp³-hybridized carbons (Fsp3) is 0.364. The highest BCUT2D eigenvalue weighted by Crippen LogP contribution is 2.17. The molecule has 1 amide bonds. The second-order valence-corrected chi connectivity index (χ2v) is 4.31. The third kappa shape index (κ3) is 3.57. The number of carbonyl (C=O) groups is 1. The Morgan fingerprint density at radius 2 is 2.25 bits per heavy atom. The average molecular weight is 289 g/mol. The van der Waals surface area contributed by atoms with Crippen molar-refractivity contribution in [3.05, 3.63) is 34.1 Å². The Balaban J connectivity index is 2.58. The van der Waals surface area contributed by atoms with Crippen molar-refractivity contribution < 1.29 is 9.18 Å². The Bertz CT molecular complexity index is 384. The Labute approximate surface area is 103 Å². The molecule has 1 atom stereocenters. The van der Waals surface area contributed by atoms with Gasteiger partial charge in [-0.15, -0.1) is 0 Å². The van der Waals surface area contributed by atoms with Gasteiger partial charge < -0.3 is 10.6 Å². The van der Waals surface area contributed by atoms with Gasteiger partial charge in [-0.2, -0.15) is 0 Å². The highest BCUT2D eigenvalue weighted by Gasteiger charge is 2.10. The first kappa shape index (κ1) is 13.1. The molecule has 0 spiro atoms. The summed E-state index contributed by atoms with van der Waals surface area (Å²) in [6.45, 7) is 2.28. The molecule has 1 rings (SSSR count).